The zero-order chi connectivity index (χ0) is 70.7. The van der Waals surface area contributed by atoms with Crippen LogP contribution in [0.5, 0.6) is 0 Å². The molecular weight excluding hydrogens is 1340 g/mol. The van der Waals surface area contributed by atoms with Crippen molar-refractivity contribution in [3.05, 3.63) is 264 Å². The van der Waals surface area contributed by atoms with Gasteiger partial charge < -0.3 is 14.6 Å². The monoisotopic (exact) mass is 1400 g/mol. The smallest absolute Gasteiger partial charge is 0.337 e. The first-order valence-corrected chi connectivity index (χ1v) is 33.6. The third kappa shape index (κ3) is 14.6. The number of nitrogens with one attached hydrogen (secondary N) is 1. The number of hydrogen-bond donors (Lipinski definition) is 1. The summed E-state index contributed by atoms with van der Waals surface area (Å²) in [6.45, 7) is 4.65. The van der Waals surface area contributed by atoms with Crippen molar-refractivity contribution in [3.63, 3.8) is 0 Å². The van der Waals surface area contributed by atoms with Gasteiger partial charge in [0.05, 0.1) is 57.5 Å². The molecule has 8 aromatic heterocycles. The Bertz CT molecular complexity index is 5920. The molecule has 1 aliphatic rings. The fraction of sp³-hybridized carbons (Fsp3) is 0.0976. The minimum absolute atomic E-state index is 0. The third-order valence-electron chi connectivity index (χ3n) is 17.2. The summed E-state index contributed by atoms with van der Waals surface area (Å²) in [5.41, 5.74) is 12.6. The van der Waals surface area contributed by atoms with Crippen molar-refractivity contribution in [2.75, 3.05) is 12.4 Å². The summed E-state index contributed by atoms with van der Waals surface area (Å²) >= 11 is 3.59. The maximum absolute atomic E-state index is 13.7. The number of halogens is 2. The number of pyridine rings is 6. The van der Waals surface area contributed by atoms with Crippen LogP contribution in [0.3, 0.4) is 0 Å². The molecule has 0 spiro atoms. The molecular formula is C82H60ClFN11O7S-. The van der Waals surface area contributed by atoms with Crippen molar-refractivity contribution in [1.29, 1.82) is 0 Å². The molecule has 1 unspecified atom stereocenters. The van der Waals surface area contributed by atoms with Crippen LogP contribution < -0.4 is 5.32 Å². The summed E-state index contributed by atoms with van der Waals surface area (Å²) < 4.78 is 41.0. The molecule has 103 heavy (non-hydrogen) atoms. The maximum Gasteiger partial charge on any atom is 0.337 e. The van der Waals surface area contributed by atoms with Gasteiger partial charge in [0, 0.05) is 152 Å². The van der Waals surface area contributed by atoms with E-state index in [9.17, 15) is 32.3 Å². The number of carbonyl (C=O) groups is 4. The number of ether oxygens (including phenoxy) is 1. The van der Waals surface area contributed by atoms with Crippen LogP contribution in [0.1, 0.15) is 82.5 Å². The molecule has 0 saturated heterocycles. The largest absolute Gasteiger partial charge is 0.766 e. The highest BCUT2D eigenvalue weighted by Gasteiger charge is 2.24. The fourth-order valence-corrected chi connectivity index (χ4v) is 12.5. The molecule has 1 saturated carbocycles. The minimum atomic E-state index is -2.56. The van der Waals surface area contributed by atoms with E-state index in [-0.39, 0.29) is 35.8 Å². The van der Waals surface area contributed by atoms with E-state index in [0.29, 0.717) is 83.5 Å². The Labute approximate surface area is 596 Å². The quantitative estimate of drug-likeness (QED) is 0.0415. The predicted molar refractivity (Wildman–Crippen MR) is 402 cm³/mol. The number of fused-ring (bicyclic) bond motifs is 12. The van der Waals surface area contributed by atoms with E-state index < -0.39 is 17.0 Å². The van der Waals surface area contributed by atoms with Gasteiger partial charge in [0.15, 0.2) is 17.3 Å². The molecule has 17 rings (SSSR count). The summed E-state index contributed by atoms with van der Waals surface area (Å²) in [6, 6.07) is 59.2. The standard InChI is InChI=1S/C22H18N4O.C20H13ClN2O.C20H13FN2O.C19H13N3O4S.CH4/c1-13(27)15-7-10-17-18-12-23-22(24-16-8-9-16)26-21(18)20(25-19(17)11-15)14-5-3-2-4-6-14;2*1-12(24)13-5-6-16-18-11-22-8-7-17(18)20(23-19(16)10-13)14-3-2-4-15(21)9-14;1-26-18(23)12-7-8-13-14-10-20-19(27(24)25)22-17(14)16(21-15(13)9-12)11-5-3-2-4-6-11;/h2-7,10-12,16H,8-9H2,1H3,(H,23,24,26);2*2-11H,1H3;2-10H,1H3,(H,24,25);1H4/p-1. The Morgan fingerprint density at radius 2 is 0.883 bits per heavy atom. The first kappa shape index (κ1) is 69.0. The SMILES string of the molecule is C.CC(=O)c1ccc2c(c1)nc(-c1cccc(Cl)c1)c1ccncc12.CC(=O)c1ccc2c(c1)nc(-c1cccc(F)c1)c1ccncc12.CC(=O)c1ccc2c(c1)nc(-c1ccccc1)c1nc(NC3CC3)ncc12.COC(=O)c1ccc2c(c1)nc(-c1ccccc1)c1nc(S(=O)[O-])ncc12. The van der Waals surface area contributed by atoms with E-state index in [1.54, 1.807) is 68.8 Å². The number of esters is 1. The first-order chi connectivity index (χ1) is 49.5. The van der Waals surface area contributed by atoms with Gasteiger partial charge in [0.2, 0.25) is 11.1 Å². The van der Waals surface area contributed by atoms with Crippen molar-refractivity contribution < 1.29 is 37.1 Å². The van der Waals surface area contributed by atoms with Gasteiger partial charge in [-0.05, 0) is 100 Å². The van der Waals surface area contributed by atoms with Crippen molar-refractivity contribution in [3.8, 4) is 45.0 Å². The van der Waals surface area contributed by atoms with Crippen LogP contribution in [0, 0.1) is 5.82 Å². The Morgan fingerprint density at radius 3 is 1.34 bits per heavy atom. The second-order valence-electron chi connectivity index (χ2n) is 24.0. The minimum Gasteiger partial charge on any atom is -0.766 e. The molecule has 0 aliphatic heterocycles. The van der Waals surface area contributed by atoms with Gasteiger partial charge in [0.1, 0.15) is 16.9 Å². The maximum atomic E-state index is 13.7. The van der Waals surface area contributed by atoms with Gasteiger partial charge in [-0.25, -0.2) is 49.1 Å². The molecule has 0 bridgehead atoms. The molecule has 1 aliphatic carbocycles. The van der Waals surface area contributed by atoms with E-state index in [4.69, 9.17) is 36.3 Å². The third-order valence-corrected chi connectivity index (χ3v) is 18.0. The van der Waals surface area contributed by atoms with Crippen LogP contribution in [-0.4, -0.2) is 95.1 Å². The van der Waals surface area contributed by atoms with Crippen LogP contribution in [-0.2, 0) is 15.8 Å². The van der Waals surface area contributed by atoms with Crippen LogP contribution in [0.15, 0.2) is 236 Å². The molecule has 506 valence electrons. The first-order valence-electron chi connectivity index (χ1n) is 32.2. The van der Waals surface area contributed by atoms with Gasteiger partial charge in [-0.15, -0.1) is 0 Å². The average molecular weight is 1400 g/mol. The molecule has 18 nitrogen and oxygen atoms in total. The van der Waals surface area contributed by atoms with Gasteiger partial charge in [-0.1, -0.05) is 146 Å². The average Bonchev–Trinajstić information content (AvgIpc) is 1.77. The molecule has 8 aromatic carbocycles. The molecule has 8 heterocycles. The Hall–Kier alpha value is -12.5. The van der Waals surface area contributed by atoms with Crippen LogP contribution >= 0.6 is 11.6 Å². The zero-order valence-corrected chi connectivity index (χ0v) is 56.5. The number of methoxy groups -OCH3 is 1. The second kappa shape index (κ2) is 29.8. The van der Waals surface area contributed by atoms with Crippen molar-refractivity contribution >= 4 is 139 Å². The predicted octanol–water partition coefficient (Wildman–Crippen LogP) is 18.2. The van der Waals surface area contributed by atoms with Gasteiger partial charge >= 0.3 is 5.97 Å². The lowest BCUT2D eigenvalue weighted by Gasteiger charge is -2.11. The Morgan fingerprint density at radius 1 is 0.456 bits per heavy atom. The normalized spacial score (nSPS) is 12.0. The lowest BCUT2D eigenvalue weighted by molar-refractivity contribution is 0.0600. The Kier molecular flexibility index (Phi) is 19.9. The van der Waals surface area contributed by atoms with Crippen molar-refractivity contribution in [1.82, 2.24) is 49.8 Å². The number of anilines is 1. The van der Waals surface area contributed by atoms with Crippen LogP contribution in [0.4, 0.5) is 10.3 Å². The van der Waals surface area contributed by atoms with Crippen molar-refractivity contribution in [2.24, 2.45) is 0 Å². The molecule has 1 fully saturated rings. The lowest BCUT2D eigenvalue weighted by Crippen LogP contribution is -2.06. The number of rotatable bonds is 11. The van der Waals surface area contributed by atoms with E-state index >= 15 is 0 Å². The molecule has 21 heteroatoms. The second-order valence-corrected chi connectivity index (χ2v) is 25.3. The van der Waals surface area contributed by atoms with Crippen LogP contribution in [0.25, 0.3) is 132 Å². The molecule has 0 radical (unpaired) electrons. The van der Waals surface area contributed by atoms with E-state index in [2.05, 4.69) is 35.2 Å². The highest BCUT2D eigenvalue weighted by Crippen LogP contribution is 2.38. The highest BCUT2D eigenvalue weighted by atomic mass is 35.5. The number of Topliss-reactive ketones (excluding diaryl/α,β-unsaturated/α-hetero) is 3. The molecule has 16 aromatic rings. The molecule has 1 atom stereocenters. The molecule has 1 N–H and O–H groups in total. The van der Waals surface area contributed by atoms with Gasteiger partial charge in [-0.3, -0.25) is 28.6 Å². The zero-order valence-electron chi connectivity index (χ0n) is 54.9. The van der Waals surface area contributed by atoms with Crippen molar-refractivity contribution in [2.45, 2.75) is 52.2 Å². The summed E-state index contributed by atoms with van der Waals surface area (Å²) in [4.78, 5) is 91.9. The number of benzene rings is 8. The van der Waals surface area contributed by atoms with Gasteiger partial charge in [0.25, 0.3) is 0 Å². The summed E-state index contributed by atoms with van der Waals surface area (Å²) in [7, 11) is 1.31. The van der Waals surface area contributed by atoms with E-state index in [0.717, 1.165) is 101 Å². The number of ketones is 3. The fourth-order valence-electron chi connectivity index (χ4n) is 12.0. The summed E-state index contributed by atoms with van der Waals surface area (Å²) in [6.07, 6.45) is 12.7. The topological polar surface area (TPSA) is 259 Å². The van der Waals surface area contributed by atoms with Gasteiger partial charge in [-0.2, -0.15) is 0 Å². The summed E-state index contributed by atoms with van der Waals surface area (Å²) in [5.74, 6) is -0.0990. The van der Waals surface area contributed by atoms with E-state index in [1.165, 1.54) is 32.4 Å². The number of carbonyl (C=O) groups excluding carboxylic acids is 4. The Balaban J connectivity index is 0.000000122. The van der Waals surface area contributed by atoms with Crippen LogP contribution in [0.2, 0.25) is 5.02 Å². The summed E-state index contributed by atoms with van der Waals surface area (Å²) in [5, 5.41) is 12.7. The molecule has 0 amide bonds. The lowest BCUT2D eigenvalue weighted by atomic mass is 10.00. The van der Waals surface area contributed by atoms with E-state index in [1.807, 2.05) is 158 Å². The number of hydrogen-bond acceptors (Lipinski definition) is 18. The number of aromatic nitrogens is 10. The number of nitrogens with zero attached hydrogens (tertiary/aromatic N) is 10. The highest BCUT2D eigenvalue weighted by molar-refractivity contribution is 7.79.